The molecule has 0 aliphatic heterocycles. The third-order valence-electron chi connectivity index (χ3n) is 5.73. The fraction of sp³-hybridized carbons (Fsp3) is 0.385. The molecular weight excluding hydrogens is 558 g/mol. The molecule has 1 aromatic carbocycles. The van der Waals surface area contributed by atoms with E-state index in [-0.39, 0.29) is 52.5 Å². The lowest BCUT2D eigenvalue weighted by molar-refractivity contribution is -0.141. The van der Waals surface area contributed by atoms with Crippen molar-refractivity contribution in [3.8, 4) is 0 Å². The van der Waals surface area contributed by atoms with Crippen molar-refractivity contribution in [1.82, 2.24) is 4.98 Å². The van der Waals surface area contributed by atoms with Gasteiger partial charge in [-0.3, -0.25) is 9.59 Å². The van der Waals surface area contributed by atoms with E-state index >= 15 is 4.39 Å². The number of hydrogen-bond acceptors (Lipinski definition) is 8. The molecular formula is C26H27Cl2FN2O6S. The van der Waals surface area contributed by atoms with Gasteiger partial charge in [-0.05, 0) is 49.4 Å². The fourth-order valence-electron chi connectivity index (χ4n) is 3.81. The van der Waals surface area contributed by atoms with Gasteiger partial charge in [0.15, 0.2) is 0 Å². The summed E-state index contributed by atoms with van der Waals surface area (Å²) < 4.78 is 30.3. The van der Waals surface area contributed by atoms with Crippen molar-refractivity contribution in [2.24, 2.45) is 0 Å². The van der Waals surface area contributed by atoms with E-state index in [1.165, 1.54) is 31.4 Å². The van der Waals surface area contributed by atoms with Crippen LogP contribution < -0.4 is 4.90 Å². The first-order valence-electron chi connectivity index (χ1n) is 11.7. The highest BCUT2D eigenvalue weighted by molar-refractivity contribution is 8.00. The Hall–Kier alpha value is -2.66. The molecule has 2 aromatic rings. The molecule has 1 heterocycles. The number of halogens is 3. The Morgan fingerprint density at radius 3 is 2.47 bits per heavy atom. The maximum absolute atomic E-state index is 15.4. The molecule has 12 heteroatoms. The predicted molar refractivity (Wildman–Crippen MR) is 143 cm³/mol. The molecule has 0 N–H and O–H groups in total. The highest BCUT2D eigenvalue weighted by Gasteiger charge is 2.30. The van der Waals surface area contributed by atoms with Crippen molar-refractivity contribution in [2.45, 2.75) is 37.1 Å². The molecule has 0 fully saturated rings. The summed E-state index contributed by atoms with van der Waals surface area (Å²) in [5.41, 5.74) is 1.05. The second-order valence-electron chi connectivity index (χ2n) is 8.27. The Kier molecular flexibility index (Phi) is 11.4. The van der Waals surface area contributed by atoms with E-state index in [1.54, 1.807) is 12.1 Å². The van der Waals surface area contributed by atoms with Crippen molar-refractivity contribution < 1.29 is 33.0 Å². The third kappa shape index (κ3) is 7.92. The quantitative estimate of drug-likeness (QED) is 0.150. The summed E-state index contributed by atoms with van der Waals surface area (Å²) >= 11 is 13.2. The number of pyridine rings is 1. The summed E-state index contributed by atoms with van der Waals surface area (Å²) in [6.07, 6.45) is 3.60. The Labute approximate surface area is 234 Å². The summed E-state index contributed by atoms with van der Waals surface area (Å²) in [6, 6.07) is 5.73. The zero-order valence-corrected chi connectivity index (χ0v) is 23.3. The van der Waals surface area contributed by atoms with Crippen LogP contribution in [-0.2, 0) is 35.1 Å². The SMILES string of the molecule is COCCOC(=O)C1=C(C(=O)N(Cc2ccc(Cl)nc2)c2cc(SCC(=O)OC)c(Cl)cc2F)CCCC1. The van der Waals surface area contributed by atoms with Crippen LogP contribution in [0.15, 0.2) is 46.5 Å². The molecule has 0 unspecified atom stereocenters. The minimum atomic E-state index is -0.742. The molecule has 0 saturated carbocycles. The smallest absolute Gasteiger partial charge is 0.334 e. The third-order valence-corrected chi connectivity index (χ3v) is 7.41. The van der Waals surface area contributed by atoms with Gasteiger partial charge >= 0.3 is 11.9 Å². The Balaban J connectivity index is 2.05. The number of rotatable bonds is 11. The molecule has 1 amide bonds. The molecule has 0 radical (unpaired) electrons. The number of amides is 1. The van der Waals surface area contributed by atoms with Crippen molar-refractivity contribution >= 4 is 58.5 Å². The minimum absolute atomic E-state index is 0.0487. The molecule has 0 saturated heterocycles. The van der Waals surface area contributed by atoms with Gasteiger partial charge in [0.25, 0.3) is 5.91 Å². The maximum Gasteiger partial charge on any atom is 0.334 e. The monoisotopic (exact) mass is 584 g/mol. The lowest BCUT2D eigenvalue weighted by Gasteiger charge is -2.28. The molecule has 0 spiro atoms. The molecule has 8 nitrogen and oxygen atoms in total. The number of thioether (sulfide) groups is 1. The van der Waals surface area contributed by atoms with Crippen molar-refractivity contribution in [1.29, 1.82) is 0 Å². The van der Waals surface area contributed by atoms with Crippen molar-refractivity contribution in [3.63, 3.8) is 0 Å². The number of aromatic nitrogens is 1. The van der Waals surface area contributed by atoms with Crippen LogP contribution in [0.4, 0.5) is 10.1 Å². The number of esters is 2. The maximum atomic E-state index is 15.4. The molecule has 204 valence electrons. The van der Waals surface area contributed by atoms with Gasteiger partial charge in [0.05, 0.1) is 36.7 Å². The second-order valence-corrected chi connectivity index (χ2v) is 10.1. The number of carbonyl (C=O) groups is 3. The van der Waals surface area contributed by atoms with Gasteiger partial charge in [-0.15, -0.1) is 11.8 Å². The number of nitrogens with zero attached hydrogens (tertiary/aromatic N) is 2. The largest absolute Gasteiger partial charge is 0.468 e. The number of benzene rings is 1. The van der Waals surface area contributed by atoms with E-state index in [0.717, 1.165) is 24.2 Å². The van der Waals surface area contributed by atoms with E-state index in [9.17, 15) is 14.4 Å². The van der Waals surface area contributed by atoms with Crippen molar-refractivity contribution in [3.05, 3.63) is 63.2 Å². The van der Waals surface area contributed by atoms with E-state index in [4.69, 9.17) is 32.7 Å². The average Bonchev–Trinajstić information content (AvgIpc) is 2.92. The zero-order valence-electron chi connectivity index (χ0n) is 20.9. The molecule has 1 aliphatic rings. The van der Waals surface area contributed by atoms with Crippen LogP contribution in [0, 0.1) is 5.82 Å². The number of methoxy groups -OCH3 is 2. The molecule has 3 rings (SSSR count). The first-order chi connectivity index (χ1) is 18.2. The lowest BCUT2D eigenvalue weighted by atomic mass is 9.90. The van der Waals surface area contributed by atoms with Gasteiger partial charge in [0.2, 0.25) is 0 Å². The van der Waals surface area contributed by atoms with Crippen LogP contribution in [0.2, 0.25) is 10.2 Å². The van der Waals surface area contributed by atoms with Crippen LogP contribution in [0.1, 0.15) is 31.2 Å². The minimum Gasteiger partial charge on any atom is -0.468 e. The Bertz CT molecular complexity index is 1210. The zero-order chi connectivity index (χ0) is 27.7. The second kappa shape index (κ2) is 14.5. The highest BCUT2D eigenvalue weighted by atomic mass is 35.5. The van der Waals surface area contributed by atoms with Gasteiger partial charge in [-0.2, -0.15) is 0 Å². The summed E-state index contributed by atoms with van der Waals surface area (Å²) in [5.74, 6) is -2.42. The topological polar surface area (TPSA) is 95.0 Å². The summed E-state index contributed by atoms with van der Waals surface area (Å²) in [4.78, 5) is 44.1. The normalized spacial score (nSPS) is 13.3. The van der Waals surface area contributed by atoms with E-state index in [1.807, 2.05) is 0 Å². The van der Waals surface area contributed by atoms with Crippen LogP contribution in [-0.4, -0.2) is 56.0 Å². The molecule has 0 bridgehead atoms. The average molecular weight is 585 g/mol. The summed E-state index contributed by atoms with van der Waals surface area (Å²) in [6.45, 7) is 0.214. The first-order valence-corrected chi connectivity index (χ1v) is 13.5. The van der Waals surface area contributed by atoms with E-state index in [2.05, 4.69) is 9.72 Å². The number of hydrogen-bond donors (Lipinski definition) is 0. The summed E-state index contributed by atoms with van der Waals surface area (Å²) in [7, 11) is 2.75. The van der Waals surface area contributed by atoms with Gasteiger partial charge in [0, 0.05) is 29.3 Å². The molecule has 0 atom stereocenters. The van der Waals surface area contributed by atoms with Crippen LogP contribution >= 0.6 is 35.0 Å². The van der Waals surface area contributed by atoms with Crippen molar-refractivity contribution in [2.75, 3.05) is 38.1 Å². The van der Waals surface area contributed by atoms with E-state index in [0.29, 0.717) is 29.7 Å². The lowest BCUT2D eigenvalue weighted by Crippen LogP contribution is -2.34. The first kappa shape index (κ1) is 29.9. The van der Waals surface area contributed by atoms with Crippen LogP contribution in [0.3, 0.4) is 0 Å². The van der Waals surface area contributed by atoms with E-state index < -0.39 is 23.7 Å². The highest BCUT2D eigenvalue weighted by Crippen LogP contribution is 2.36. The van der Waals surface area contributed by atoms with Crippen LogP contribution in [0.25, 0.3) is 0 Å². The Morgan fingerprint density at radius 2 is 1.82 bits per heavy atom. The molecule has 1 aromatic heterocycles. The molecule has 1 aliphatic carbocycles. The number of ether oxygens (including phenoxy) is 3. The standard InChI is InChI=1S/C26H27Cl2FN2O6S/c1-35-9-10-37-26(34)18-6-4-3-5-17(18)25(33)31(14-16-7-8-23(28)30-13-16)21-12-22(19(27)11-20(21)29)38-15-24(32)36-2/h7-8,11-13H,3-6,9-10,14-15H2,1-2H3. The van der Waals surface area contributed by atoms with Gasteiger partial charge in [0.1, 0.15) is 17.6 Å². The predicted octanol–water partition coefficient (Wildman–Crippen LogP) is 5.39. The number of anilines is 1. The van der Waals surface area contributed by atoms with Gasteiger partial charge in [-0.1, -0.05) is 29.3 Å². The van der Waals surface area contributed by atoms with Gasteiger partial charge < -0.3 is 19.1 Å². The Morgan fingerprint density at radius 1 is 1.08 bits per heavy atom. The summed E-state index contributed by atoms with van der Waals surface area (Å²) in [5, 5.41) is 0.349. The van der Waals surface area contributed by atoms with Crippen LogP contribution in [0.5, 0.6) is 0 Å². The van der Waals surface area contributed by atoms with Gasteiger partial charge in [-0.25, -0.2) is 14.2 Å². The number of carbonyl (C=O) groups excluding carboxylic acids is 3. The molecule has 38 heavy (non-hydrogen) atoms. The fourth-order valence-corrected chi connectivity index (χ4v) is 5.02.